The fourth-order valence-corrected chi connectivity index (χ4v) is 2.06. The van der Waals surface area contributed by atoms with Crippen molar-refractivity contribution in [2.24, 2.45) is 0 Å². The van der Waals surface area contributed by atoms with Crippen LogP contribution < -0.4 is 0 Å². The highest BCUT2D eigenvalue weighted by Gasteiger charge is 2.13. The van der Waals surface area contributed by atoms with E-state index in [0.29, 0.717) is 0 Å². The molecule has 1 aliphatic rings. The Morgan fingerprint density at radius 1 is 1.25 bits per heavy atom. The van der Waals surface area contributed by atoms with Crippen LogP contribution in [0.25, 0.3) is 5.57 Å². The summed E-state index contributed by atoms with van der Waals surface area (Å²) in [5.41, 5.74) is 5.64. The third kappa shape index (κ3) is 1.08. The number of rotatable bonds is 0. The van der Waals surface area contributed by atoms with Crippen molar-refractivity contribution in [3.05, 3.63) is 41.5 Å². The Bertz CT molecular complexity index is 321. The first-order chi connectivity index (χ1) is 5.79. The fourth-order valence-electron chi connectivity index (χ4n) is 2.06. The highest BCUT2D eigenvalue weighted by Crippen LogP contribution is 2.31. The van der Waals surface area contributed by atoms with Crippen LogP contribution in [0.1, 0.15) is 29.5 Å². The molecule has 0 bridgehead atoms. The van der Waals surface area contributed by atoms with Gasteiger partial charge >= 0.3 is 0 Å². The summed E-state index contributed by atoms with van der Waals surface area (Å²) in [6.07, 6.45) is 3.68. The molecular formula is C12H14. The Hall–Kier alpha value is -1.04. The molecule has 1 aliphatic carbocycles. The molecule has 0 spiro atoms. The molecule has 0 fully saturated rings. The van der Waals surface area contributed by atoms with Gasteiger partial charge in [0.2, 0.25) is 0 Å². The number of hydrogen-bond acceptors (Lipinski definition) is 0. The van der Waals surface area contributed by atoms with E-state index in [1.54, 1.807) is 0 Å². The minimum absolute atomic E-state index is 1.18. The van der Waals surface area contributed by atoms with Crippen molar-refractivity contribution in [2.45, 2.75) is 26.2 Å². The van der Waals surface area contributed by atoms with Crippen molar-refractivity contribution in [3.63, 3.8) is 0 Å². The van der Waals surface area contributed by atoms with E-state index in [9.17, 15) is 0 Å². The Labute approximate surface area is 73.9 Å². The molecule has 2 rings (SSSR count). The normalized spacial score (nSPS) is 15.9. The maximum absolute atomic E-state index is 4.12. The van der Waals surface area contributed by atoms with Crippen LogP contribution in [0.4, 0.5) is 0 Å². The van der Waals surface area contributed by atoms with E-state index in [-0.39, 0.29) is 0 Å². The lowest BCUT2D eigenvalue weighted by Gasteiger charge is -2.19. The van der Waals surface area contributed by atoms with Crippen LogP contribution >= 0.6 is 0 Å². The van der Waals surface area contributed by atoms with Gasteiger partial charge in [0.1, 0.15) is 0 Å². The molecular weight excluding hydrogens is 144 g/mol. The van der Waals surface area contributed by atoms with E-state index in [4.69, 9.17) is 0 Å². The van der Waals surface area contributed by atoms with Crippen LogP contribution in [0.5, 0.6) is 0 Å². The maximum Gasteiger partial charge on any atom is -0.0169 e. The van der Waals surface area contributed by atoms with Crippen molar-refractivity contribution in [3.8, 4) is 0 Å². The van der Waals surface area contributed by atoms with E-state index < -0.39 is 0 Å². The summed E-state index contributed by atoms with van der Waals surface area (Å²) in [4.78, 5) is 0. The lowest BCUT2D eigenvalue weighted by molar-refractivity contribution is 0.821. The molecule has 0 nitrogen and oxygen atoms in total. The van der Waals surface area contributed by atoms with Gasteiger partial charge in [0, 0.05) is 0 Å². The van der Waals surface area contributed by atoms with Crippen LogP contribution in [-0.2, 0) is 6.42 Å². The van der Waals surface area contributed by atoms with Crippen molar-refractivity contribution in [1.29, 1.82) is 0 Å². The topological polar surface area (TPSA) is 0 Å². The number of benzene rings is 1. The molecule has 0 aromatic heterocycles. The minimum Gasteiger partial charge on any atom is -0.0952 e. The number of aryl methyl sites for hydroxylation is 2. The van der Waals surface area contributed by atoms with Gasteiger partial charge in [-0.2, -0.15) is 0 Å². The van der Waals surface area contributed by atoms with Gasteiger partial charge in [-0.25, -0.2) is 0 Å². The Morgan fingerprint density at radius 2 is 2.08 bits per heavy atom. The van der Waals surface area contributed by atoms with Crippen LogP contribution in [-0.4, -0.2) is 0 Å². The monoisotopic (exact) mass is 158 g/mol. The van der Waals surface area contributed by atoms with Crippen LogP contribution in [0.15, 0.2) is 24.8 Å². The predicted octanol–water partition coefficient (Wildman–Crippen LogP) is 3.34. The largest absolute Gasteiger partial charge is 0.0952 e. The number of allylic oxidation sites excluding steroid dienone is 1. The summed E-state index contributed by atoms with van der Waals surface area (Å²) in [6.45, 7) is 6.29. The highest BCUT2D eigenvalue weighted by molar-refractivity contribution is 5.70. The Balaban J connectivity index is 2.60. The first kappa shape index (κ1) is 7.60. The average Bonchev–Trinajstić information content (AvgIpc) is 2.04. The van der Waals surface area contributed by atoms with Gasteiger partial charge < -0.3 is 0 Å². The second-order valence-electron chi connectivity index (χ2n) is 3.57. The molecule has 0 unspecified atom stereocenters. The van der Waals surface area contributed by atoms with Gasteiger partial charge in [0.05, 0.1) is 0 Å². The second kappa shape index (κ2) is 2.78. The molecule has 12 heavy (non-hydrogen) atoms. The van der Waals surface area contributed by atoms with Crippen molar-refractivity contribution >= 4 is 5.57 Å². The molecule has 0 atom stereocenters. The molecule has 0 aliphatic heterocycles. The van der Waals surface area contributed by atoms with Crippen LogP contribution in [0.3, 0.4) is 0 Å². The van der Waals surface area contributed by atoms with E-state index >= 15 is 0 Å². The standard InChI is InChI=1S/C12H14/c1-9-5-3-7-11-8-4-6-10(2)12(9)11/h4,6,8H,1,3,5,7H2,2H3. The molecule has 1 aromatic rings. The number of hydrogen-bond donors (Lipinski definition) is 0. The zero-order valence-corrected chi connectivity index (χ0v) is 7.56. The van der Waals surface area contributed by atoms with E-state index in [2.05, 4.69) is 31.7 Å². The lowest BCUT2D eigenvalue weighted by atomic mass is 9.86. The smallest absolute Gasteiger partial charge is 0.0169 e. The Morgan fingerprint density at radius 3 is 2.83 bits per heavy atom. The van der Waals surface area contributed by atoms with Crippen molar-refractivity contribution in [2.75, 3.05) is 0 Å². The second-order valence-corrected chi connectivity index (χ2v) is 3.57. The molecule has 0 saturated heterocycles. The first-order valence-electron chi connectivity index (χ1n) is 4.55. The highest BCUT2D eigenvalue weighted by atomic mass is 14.2. The van der Waals surface area contributed by atoms with Crippen LogP contribution in [0, 0.1) is 6.92 Å². The van der Waals surface area contributed by atoms with E-state index in [1.165, 1.54) is 41.5 Å². The first-order valence-corrected chi connectivity index (χ1v) is 4.55. The molecule has 0 saturated carbocycles. The lowest BCUT2D eigenvalue weighted by Crippen LogP contribution is -2.02. The van der Waals surface area contributed by atoms with E-state index in [1.807, 2.05) is 0 Å². The van der Waals surface area contributed by atoms with Gasteiger partial charge in [-0.15, -0.1) is 0 Å². The van der Waals surface area contributed by atoms with Gasteiger partial charge in [-0.3, -0.25) is 0 Å². The van der Waals surface area contributed by atoms with Crippen molar-refractivity contribution in [1.82, 2.24) is 0 Å². The average molecular weight is 158 g/mol. The third-order valence-corrected chi connectivity index (χ3v) is 2.64. The van der Waals surface area contributed by atoms with E-state index in [0.717, 1.165) is 0 Å². The summed E-state index contributed by atoms with van der Waals surface area (Å²) >= 11 is 0. The van der Waals surface area contributed by atoms with Gasteiger partial charge in [-0.05, 0) is 48.4 Å². The zero-order chi connectivity index (χ0) is 8.55. The van der Waals surface area contributed by atoms with Gasteiger partial charge in [-0.1, -0.05) is 24.8 Å². The van der Waals surface area contributed by atoms with Crippen LogP contribution in [0.2, 0.25) is 0 Å². The fraction of sp³-hybridized carbons (Fsp3) is 0.333. The quantitative estimate of drug-likeness (QED) is 0.543. The maximum atomic E-state index is 4.12. The van der Waals surface area contributed by atoms with Crippen molar-refractivity contribution < 1.29 is 0 Å². The summed E-state index contributed by atoms with van der Waals surface area (Å²) in [5.74, 6) is 0. The summed E-state index contributed by atoms with van der Waals surface area (Å²) in [7, 11) is 0. The molecule has 0 heteroatoms. The third-order valence-electron chi connectivity index (χ3n) is 2.64. The Kier molecular flexibility index (Phi) is 1.76. The molecule has 0 amide bonds. The molecule has 0 radical (unpaired) electrons. The molecule has 0 heterocycles. The zero-order valence-electron chi connectivity index (χ0n) is 7.56. The van der Waals surface area contributed by atoms with Gasteiger partial charge in [0.15, 0.2) is 0 Å². The summed E-state index contributed by atoms with van der Waals surface area (Å²) in [6, 6.07) is 6.55. The van der Waals surface area contributed by atoms with Gasteiger partial charge in [0.25, 0.3) is 0 Å². The SMILES string of the molecule is C=C1CCCc2cccc(C)c21. The minimum atomic E-state index is 1.18. The summed E-state index contributed by atoms with van der Waals surface area (Å²) in [5, 5.41) is 0. The molecule has 1 aromatic carbocycles. The summed E-state index contributed by atoms with van der Waals surface area (Å²) < 4.78 is 0. The predicted molar refractivity (Wildman–Crippen MR) is 53.2 cm³/mol. The molecule has 62 valence electrons. The number of fused-ring (bicyclic) bond motifs is 1. The molecule has 0 N–H and O–H groups in total.